The summed E-state index contributed by atoms with van der Waals surface area (Å²) in [5.74, 6) is -1.93. The first kappa shape index (κ1) is 15.3. The number of rotatable bonds is 4. The summed E-state index contributed by atoms with van der Waals surface area (Å²) in [6.45, 7) is 0.277. The highest BCUT2D eigenvalue weighted by Gasteiger charge is 2.12. The van der Waals surface area contributed by atoms with Crippen molar-refractivity contribution in [1.29, 1.82) is 0 Å². The predicted octanol–water partition coefficient (Wildman–Crippen LogP) is 4.02. The summed E-state index contributed by atoms with van der Waals surface area (Å²) in [6, 6.07) is 8.47. The van der Waals surface area contributed by atoms with E-state index in [0.717, 1.165) is 0 Å². The van der Waals surface area contributed by atoms with Crippen molar-refractivity contribution in [2.45, 2.75) is 6.54 Å². The highest BCUT2D eigenvalue weighted by Crippen LogP contribution is 2.19. The molecule has 0 fully saturated rings. The topological polar surface area (TPSA) is 38.3 Å². The summed E-state index contributed by atoms with van der Waals surface area (Å²) in [4.78, 5) is 11.3. The molecule has 2 aromatic carbocycles. The minimum Gasteiger partial charge on any atom is -0.465 e. The van der Waals surface area contributed by atoms with Crippen LogP contribution in [0.15, 0.2) is 36.4 Å². The number of carbonyl (C=O) groups excluding carboxylic acids is 1. The summed E-state index contributed by atoms with van der Waals surface area (Å²) in [5.41, 5.74) is 1.00. The maximum atomic E-state index is 13.7. The lowest BCUT2D eigenvalue weighted by Gasteiger charge is -2.08. The van der Waals surface area contributed by atoms with Gasteiger partial charge in [-0.1, -0.05) is 17.7 Å². The highest BCUT2D eigenvalue weighted by atomic mass is 35.5. The van der Waals surface area contributed by atoms with Crippen LogP contribution in [0.5, 0.6) is 0 Å². The largest absolute Gasteiger partial charge is 0.465 e. The maximum absolute atomic E-state index is 13.7. The van der Waals surface area contributed by atoms with Crippen molar-refractivity contribution >= 4 is 23.3 Å². The van der Waals surface area contributed by atoms with E-state index in [1.807, 2.05) is 0 Å². The molecule has 3 nitrogen and oxygen atoms in total. The minimum absolute atomic E-state index is 0.0361. The van der Waals surface area contributed by atoms with Crippen LogP contribution in [0, 0.1) is 11.6 Å². The number of ether oxygens (including phenoxy) is 1. The molecule has 0 aliphatic carbocycles. The van der Waals surface area contributed by atoms with Crippen molar-refractivity contribution < 1.29 is 18.3 Å². The normalized spacial score (nSPS) is 10.3. The van der Waals surface area contributed by atoms with Gasteiger partial charge in [-0.3, -0.25) is 0 Å². The molecular formula is C15H12ClF2NO2. The Morgan fingerprint density at radius 1 is 1.19 bits per heavy atom. The Labute approximate surface area is 125 Å². The second kappa shape index (κ2) is 6.54. The first-order valence-electron chi connectivity index (χ1n) is 6.07. The average molecular weight is 312 g/mol. The Bertz CT molecular complexity index is 677. The molecule has 21 heavy (non-hydrogen) atoms. The molecule has 0 heterocycles. The van der Waals surface area contributed by atoms with Crippen LogP contribution in [0.1, 0.15) is 15.9 Å². The van der Waals surface area contributed by atoms with Crippen molar-refractivity contribution in [3.05, 3.63) is 64.2 Å². The second-order valence-electron chi connectivity index (χ2n) is 4.29. The fraction of sp³-hybridized carbons (Fsp3) is 0.133. The zero-order valence-corrected chi connectivity index (χ0v) is 11.9. The Balaban J connectivity index is 2.08. The van der Waals surface area contributed by atoms with Gasteiger partial charge < -0.3 is 10.1 Å². The van der Waals surface area contributed by atoms with Crippen LogP contribution in [0.25, 0.3) is 0 Å². The molecule has 0 saturated heterocycles. The van der Waals surface area contributed by atoms with Gasteiger partial charge in [-0.2, -0.15) is 0 Å². The van der Waals surface area contributed by atoms with E-state index in [4.69, 9.17) is 11.6 Å². The van der Waals surface area contributed by atoms with E-state index < -0.39 is 17.6 Å². The monoisotopic (exact) mass is 311 g/mol. The number of hydrogen-bond donors (Lipinski definition) is 1. The molecule has 0 amide bonds. The van der Waals surface area contributed by atoms with Gasteiger partial charge in [-0.05, 0) is 35.9 Å². The van der Waals surface area contributed by atoms with E-state index in [0.29, 0.717) is 11.3 Å². The lowest BCUT2D eigenvalue weighted by atomic mass is 10.1. The van der Waals surface area contributed by atoms with Crippen molar-refractivity contribution in [2.24, 2.45) is 0 Å². The molecular weight excluding hydrogens is 300 g/mol. The molecule has 0 bridgehead atoms. The van der Waals surface area contributed by atoms with E-state index in [-0.39, 0.29) is 17.1 Å². The third-order valence-corrected chi connectivity index (χ3v) is 3.16. The van der Waals surface area contributed by atoms with Crippen LogP contribution in [0.4, 0.5) is 14.5 Å². The number of benzene rings is 2. The number of halogens is 3. The molecule has 1 N–H and O–H groups in total. The number of hydrogen-bond acceptors (Lipinski definition) is 3. The van der Waals surface area contributed by atoms with Crippen molar-refractivity contribution in [3.8, 4) is 0 Å². The standard InChI is InChI=1S/C15H12ClF2NO2/c1-21-15(20)11-4-2-9(6-13(11)17)8-19-10-3-5-12(16)14(18)7-10/h2-7,19H,8H2,1H3. The first-order chi connectivity index (χ1) is 10.0. The molecule has 6 heteroatoms. The zero-order valence-electron chi connectivity index (χ0n) is 11.1. The van der Waals surface area contributed by atoms with Crippen LogP contribution < -0.4 is 5.32 Å². The van der Waals surface area contributed by atoms with E-state index in [9.17, 15) is 13.6 Å². The van der Waals surface area contributed by atoms with Gasteiger partial charge >= 0.3 is 5.97 Å². The summed E-state index contributed by atoms with van der Waals surface area (Å²) >= 11 is 5.58. The Kier molecular flexibility index (Phi) is 4.75. The Morgan fingerprint density at radius 3 is 2.57 bits per heavy atom. The molecule has 2 rings (SSSR count). The van der Waals surface area contributed by atoms with Gasteiger partial charge in [0.1, 0.15) is 11.6 Å². The lowest BCUT2D eigenvalue weighted by molar-refractivity contribution is 0.0595. The molecule has 0 atom stereocenters. The number of methoxy groups -OCH3 is 1. The van der Waals surface area contributed by atoms with Gasteiger partial charge in [-0.25, -0.2) is 13.6 Å². The van der Waals surface area contributed by atoms with Gasteiger partial charge in [0.05, 0.1) is 17.7 Å². The maximum Gasteiger partial charge on any atom is 0.340 e. The van der Waals surface area contributed by atoms with E-state index in [2.05, 4.69) is 10.1 Å². The van der Waals surface area contributed by atoms with E-state index >= 15 is 0 Å². The molecule has 110 valence electrons. The smallest absolute Gasteiger partial charge is 0.340 e. The highest BCUT2D eigenvalue weighted by molar-refractivity contribution is 6.30. The van der Waals surface area contributed by atoms with E-state index in [1.165, 1.54) is 31.4 Å². The van der Waals surface area contributed by atoms with Crippen LogP contribution >= 0.6 is 11.6 Å². The van der Waals surface area contributed by atoms with Gasteiger partial charge in [0, 0.05) is 12.2 Å². The second-order valence-corrected chi connectivity index (χ2v) is 4.70. The number of carbonyl (C=O) groups is 1. The van der Waals surface area contributed by atoms with Crippen molar-refractivity contribution in [2.75, 3.05) is 12.4 Å². The molecule has 0 aliphatic heterocycles. The number of anilines is 1. The first-order valence-corrected chi connectivity index (χ1v) is 6.44. The minimum atomic E-state index is -0.730. The zero-order chi connectivity index (χ0) is 15.4. The van der Waals surface area contributed by atoms with Crippen LogP contribution in [-0.2, 0) is 11.3 Å². The summed E-state index contributed by atoms with van der Waals surface area (Å²) in [7, 11) is 1.19. The molecule has 0 spiro atoms. The molecule has 0 aliphatic rings. The summed E-state index contributed by atoms with van der Waals surface area (Å²) in [6.07, 6.45) is 0. The summed E-state index contributed by atoms with van der Waals surface area (Å²) < 4.78 is 31.5. The molecule has 0 radical (unpaired) electrons. The van der Waals surface area contributed by atoms with Gasteiger partial charge in [0.15, 0.2) is 0 Å². The molecule has 0 saturated carbocycles. The quantitative estimate of drug-likeness (QED) is 0.867. The molecule has 0 unspecified atom stereocenters. The van der Waals surface area contributed by atoms with Crippen LogP contribution in [0.3, 0.4) is 0 Å². The average Bonchev–Trinajstić information content (AvgIpc) is 2.48. The SMILES string of the molecule is COC(=O)c1ccc(CNc2ccc(Cl)c(F)c2)cc1F. The third-order valence-electron chi connectivity index (χ3n) is 2.86. The summed E-state index contributed by atoms with van der Waals surface area (Å²) in [5, 5.41) is 2.97. The fourth-order valence-electron chi connectivity index (χ4n) is 1.75. The number of esters is 1. The van der Waals surface area contributed by atoms with Crippen LogP contribution in [-0.4, -0.2) is 13.1 Å². The molecule has 2 aromatic rings. The predicted molar refractivity (Wildman–Crippen MR) is 76.5 cm³/mol. The Hall–Kier alpha value is -2.14. The van der Waals surface area contributed by atoms with E-state index in [1.54, 1.807) is 12.1 Å². The molecule has 0 aromatic heterocycles. The van der Waals surface area contributed by atoms with Gasteiger partial charge in [0.2, 0.25) is 0 Å². The van der Waals surface area contributed by atoms with Crippen molar-refractivity contribution in [1.82, 2.24) is 0 Å². The van der Waals surface area contributed by atoms with Crippen molar-refractivity contribution in [3.63, 3.8) is 0 Å². The van der Waals surface area contributed by atoms with Gasteiger partial charge in [-0.15, -0.1) is 0 Å². The Morgan fingerprint density at radius 2 is 1.95 bits per heavy atom. The van der Waals surface area contributed by atoms with Gasteiger partial charge in [0.25, 0.3) is 0 Å². The third kappa shape index (κ3) is 3.70. The lowest BCUT2D eigenvalue weighted by Crippen LogP contribution is -2.06. The number of nitrogens with one attached hydrogen (secondary N) is 1. The van der Waals surface area contributed by atoms with Crippen LogP contribution in [0.2, 0.25) is 5.02 Å². The fourth-order valence-corrected chi connectivity index (χ4v) is 1.87.